The molecular weight excluding hydrogens is 256 g/mol. The lowest BCUT2D eigenvalue weighted by atomic mass is 10.1. The highest BCUT2D eigenvalue weighted by atomic mass is 35.5. The summed E-state index contributed by atoms with van der Waals surface area (Å²) < 4.78 is 0. The number of benzene rings is 1. The number of hydrogen-bond acceptors (Lipinski definition) is 4. The van der Waals surface area contributed by atoms with E-state index in [2.05, 4.69) is 4.98 Å². The van der Waals surface area contributed by atoms with Crippen molar-refractivity contribution in [2.45, 2.75) is 0 Å². The second-order valence-corrected chi connectivity index (χ2v) is 3.89. The first-order valence-electron chi connectivity index (χ1n) is 5.03. The summed E-state index contributed by atoms with van der Waals surface area (Å²) in [7, 11) is 0. The van der Waals surface area contributed by atoms with Crippen LogP contribution in [0.3, 0.4) is 0 Å². The first kappa shape index (κ1) is 12.3. The van der Waals surface area contributed by atoms with E-state index in [9.17, 15) is 9.90 Å². The summed E-state index contributed by atoms with van der Waals surface area (Å²) in [6.07, 6.45) is 0. The van der Waals surface area contributed by atoms with E-state index in [1.807, 2.05) is 0 Å². The molecule has 6 heteroatoms. The summed E-state index contributed by atoms with van der Waals surface area (Å²) in [6, 6.07) is 9.83. The third kappa shape index (κ3) is 2.27. The molecule has 1 aromatic heterocycles. The fraction of sp³-hybridized carbons (Fsp3) is 0. The molecule has 5 nitrogen and oxygen atoms in total. The number of carbonyl (C=O) groups is 1. The van der Waals surface area contributed by atoms with Gasteiger partial charge in [0.15, 0.2) is 5.69 Å². The summed E-state index contributed by atoms with van der Waals surface area (Å²) in [4.78, 5) is 15.3. The first-order chi connectivity index (χ1) is 8.63. The minimum absolute atomic E-state index is 0.269. The zero-order valence-corrected chi connectivity index (χ0v) is 9.85. The highest BCUT2D eigenvalue weighted by molar-refractivity contribution is 6.33. The molecular formula is C12H9ClN2O3. The van der Waals surface area contributed by atoms with Crippen LogP contribution in [-0.2, 0) is 0 Å². The van der Waals surface area contributed by atoms with Gasteiger partial charge >= 0.3 is 0 Å². The van der Waals surface area contributed by atoms with E-state index in [0.29, 0.717) is 16.3 Å². The number of hydroxylamine groups is 1. The normalized spacial score (nSPS) is 10.1. The van der Waals surface area contributed by atoms with E-state index in [-0.39, 0.29) is 11.4 Å². The molecule has 2 aromatic rings. The zero-order chi connectivity index (χ0) is 13.1. The van der Waals surface area contributed by atoms with Gasteiger partial charge in [0.05, 0.1) is 5.69 Å². The third-order valence-electron chi connectivity index (χ3n) is 2.34. The molecule has 0 saturated heterocycles. The lowest BCUT2D eigenvalue weighted by Crippen LogP contribution is -2.20. The highest BCUT2D eigenvalue weighted by Crippen LogP contribution is 2.28. The third-order valence-corrected chi connectivity index (χ3v) is 2.67. The fourth-order valence-electron chi connectivity index (χ4n) is 1.49. The van der Waals surface area contributed by atoms with Gasteiger partial charge in [0.1, 0.15) is 5.75 Å². The van der Waals surface area contributed by atoms with Gasteiger partial charge in [0.25, 0.3) is 5.91 Å². The number of hydrogen-bond donors (Lipinski definition) is 3. The van der Waals surface area contributed by atoms with E-state index >= 15 is 0 Å². The smallest absolute Gasteiger partial charge is 0.297 e. The molecule has 0 aliphatic carbocycles. The van der Waals surface area contributed by atoms with Gasteiger partial charge in [-0.3, -0.25) is 10.0 Å². The summed E-state index contributed by atoms with van der Waals surface area (Å²) in [6.45, 7) is 0. The molecule has 2 rings (SSSR count). The standard InChI is InChI=1S/C12H9ClN2O3/c13-8-4-2-1-3-7(8)9-5-6-10(16)11(14-9)12(17)15-18/h1-6,16,18H,(H,15,17). The maximum Gasteiger partial charge on any atom is 0.297 e. The molecule has 0 bridgehead atoms. The lowest BCUT2D eigenvalue weighted by molar-refractivity contribution is 0.0697. The number of nitrogens with one attached hydrogen (secondary N) is 1. The van der Waals surface area contributed by atoms with Crippen molar-refractivity contribution in [3.63, 3.8) is 0 Å². The second-order valence-electron chi connectivity index (χ2n) is 3.48. The van der Waals surface area contributed by atoms with Crippen LogP contribution in [0.4, 0.5) is 0 Å². The Hall–Kier alpha value is -2.11. The molecule has 1 heterocycles. The fourth-order valence-corrected chi connectivity index (χ4v) is 1.72. The summed E-state index contributed by atoms with van der Waals surface area (Å²) >= 11 is 6.01. The van der Waals surface area contributed by atoms with Crippen molar-refractivity contribution in [3.05, 3.63) is 47.1 Å². The number of rotatable bonds is 2. The predicted octanol–water partition coefficient (Wildman–Crippen LogP) is 2.23. The molecule has 3 N–H and O–H groups in total. The van der Waals surface area contributed by atoms with Crippen LogP contribution >= 0.6 is 11.6 Å². The molecule has 0 aliphatic heterocycles. The molecule has 1 amide bonds. The van der Waals surface area contributed by atoms with Crippen molar-refractivity contribution in [1.29, 1.82) is 0 Å². The molecule has 1 aromatic carbocycles. The Balaban J connectivity index is 2.54. The summed E-state index contributed by atoms with van der Waals surface area (Å²) in [5.74, 6) is -1.21. The molecule has 0 atom stereocenters. The number of aromatic hydroxyl groups is 1. The van der Waals surface area contributed by atoms with Crippen LogP contribution < -0.4 is 5.48 Å². The van der Waals surface area contributed by atoms with Crippen LogP contribution in [0.5, 0.6) is 5.75 Å². The van der Waals surface area contributed by atoms with E-state index in [0.717, 1.165) is 0 Å². The van der Waals surface area contributed by atoms with E-state index in [4.69, 9.17) is 16.8 Å². The number of halogens is 1. The van der Waals surface area contributed by atoms with Gasteiger partial charge in [-0.25, -0.2) is 10.5 Å². The van der Waals surface area contributed by atoms with Gasteiger partial charge in [-0.05, 0) is 18.2 Å². The minimum atomic E-state index is -0.888. The molecule has 0 aliphatic rings. The first-order valence-corrected chi connectivity index (χ1v) is 5.40. The van der Waals surface area contributed by atoms with Gasteiger partial charge in [0, 0.05) is 10.6 Å². The molecule has 0 unspecified atom stereocenters. The quantitative estimate of drug-likeness (QED) is 0.574. The molecule has 18 heavy (non-hydrogen) atoms. The Morgan fingerprint density at radius 2 is 1.94 bits per heavy atom. The summed E-state index contributed by atoms with van der Waals surface area (Å²) in [5, 5.41) is 18.5. The highest BCUT2D eigenvalue weighted by Gasteiger charge is 2.14. The van der Waals surface area contributed by atoms with Crippen molar-refractivity contribution >= 4 is 17.5 Å². The number of nitrogens with zero attached hydrogens (tertiary/aromatic N) is 1. The maximum absolute atomic E-state index is 11.3. The van der Waals surface area contributed by atoms with Crippen LogP contribution in [0.15, 0.2) is 36.4 Å². The second kappa shape index (κ2) is 5.03. The molecule has 0 spiro atoms. The Bertz CT molecular complexity index is 602. The van der Waals surface area contributed by atoms with E-state index in [1.165, 1.54) is 17.6 Å². The van der Waals surface area contributed by atoms with Gasteiger partial charge in [0.2, 0.25) is 0 Å². The number of carbonyl (C=O) groups excluding carboxylic acids is 1. The Morgan fingerprint density at radius 3 is 2.61 bits per heavy atom. The van der Waals surface area contributed by atoms with Crippen molar-refractivity contribution in [2.24, 2.45) is 0 Å². The van der Waals surface area contributed by atoms with Gasteiger partial charge in [-0.1, -0.05) is 29.8 Å². The number of amides is 1. The average Bonchev–Trinajstić information content (AvgIpc) is 2.39. The SMILES string of the molecule is O=C(NO)c1nc(-c2ccccc2Cl)ccc1O. The Labute approximate surface area is 108 Å². The molecule has 0 fully saturated rings. The van der Waals surface area contributed by atoms with Gasteiger partial charge in [-0.2, -0.15) is 0 Å². The average molecular weight is 265 g/mol. The Morgan fingerprint density at radius 1 is 1.22 bits per heavy atom. The zero-order valence-electron chi connectivity index (χ0n) is 9.09. The monoisotopic (exact) mass is 264 g/mol. The largest absolute Gasteiger partial charge is 0.505 e. The maximum atomic E-state index is 11.3. The van der Waals surface area contributed by atoms with Crippen LogP contribution in [0.1, 0.15) is 10.5 Å². The van der Waals surface area contributed by atoms with Gasteiger partial charge in [-0.15, -0.1) is 0 Å². The molecule has 0 radical (unpaired) electrons. The van der Waals surface area contributed by atoms with Crippen molar-refractivity contribution in [3.8, 4) is 17.0 Å². The summed E-state index contributed by atoms with van der Waals surface area (Å²) in [5.41, 5.74) is 2.21. The van der Waals surface area contributed by atoms with Crippen LogP contribution in [0.2, 0.25) is 5.02 Å². The predicted molar refractivity (Wildman–Crippen MR) is 65.6 cm³/mol. The lowest BCUT2D eigenvalue weighted by Gasteiger charge is -2.06. The number of aromatic nitrogens is 1. The topological polar surface area (TPSA) is 82.5 Å². The van der Waals surface area contributed by atoms with Crippen LogP contribution in [-0.4, -0.2) is 21.2 Å². The van der Waals surface area contributed by atoms with Crippen LogP contribution in [0.25, 0.3) is 11.3 Å². The Kier molecular flexibility index (Phi) is 3.45. The van der Waals surface area contributed by atoms with E-state index in [1.54, 1.807) is 24.3 Å². The minimum Gasteiger partial charge on any atom is -0.505 e. The van der Waals surface area contributed by atoms with Crippen LogP contribution in [0, 0.1) is 0 Å². The molecule has 0 saturated carbocycles. The number of pyridine rings is 1. The van der Waals surface area contributed by atoms with Crippen molar-refractivity contribution < 1.29 is 15.1 Å². The van der Waals surface area contributed by atoms with Gasteiger partial charge < -0.3 is 5.11 Å². The van der Waals surface area contributed by atoms with Crippen molar-refractivity contribution in [1.82, 2.24) is 10.5 Å². The van der Waals surface area contributed by atoms with Crippen molar-refractivity contribution in [2.75, 3.05) is 0 Å². The molecule has 92 valence electrons. The van der Waals surface area contributed by atoms with E-state index < -0.39 is 5.91 Å².